The van der Waals surface area contributed by atoms with Gasteiger partial charge in [0.2, 0.25) is 0 Å². The van der Waals surface area contributed by atoms with E-state index in [2.05, 4.69) is 26.2 Å². The van der Waals surface area contributed by atoms with Crippen molar-refractivity contribution in [3.63, 3.8) is 0 Å². The van der Waals surface area contributed by atoms with Crippen LogP contribution in [0.5, 0.6) is 0 Å². The van der Waals surface area contributed by atoms with E-state index in [0.717, 1.165) is 27.7 Å². The van der Waals surface area contributed by atoms with E-state index in [1.807, 2.05) is 64.1 Å². The van der Waals surface area contributed by atoms with Gasteiger partial charge < -0.3 is 18.8 Å². The molecule has 194 valence electrons. The van der Waals surface area contributed by atoms with Crippen molar-refractivity contribution in [2.24, 2.45) is 0 Å². The first kappa shape index (κ1) is 26.5. The van der Waals surface area contributed by atoms with E-state index in [0.29, 0.717) is 41.3 Å². The molecule has 37 heavy (non-hydrogen) atoms. The summed E-state index contributed by atoms with van der Waals surface area (Å²) >= 11 is 3.69. The lowest BCUT2D eigenvalue weighted by molar-refractivity contribution is 0.0633. The van der Waals surface area contributed by atoms with Crippen molar-refractivity contribution in [3.05, 3.63) is 69.7 Å². The van der Waals surface area contributed by atoms with E-state index in [4.69, 9.17) is 9.15 Å². The maximum Gasteiger partial charge on any atom is 0.412 e. The summed E-state index contributed by atoms with van der Waals surface area (Å²) in [5.74, 6) is 0.330. The molecule has 9 heteroatoms. The molecule has 2 heterocycles. The van der Waals surface area contributed by atoms with Gasteiger partial charge in [0.15, 0.2) is 11.5 Å². The largest absolute Gasteiger partial charge is 0.477 e. The molecule has 0 atom stereocenters. The monoisotopic (exact) mass is 567 g/mol. The number of fused-ring (bicyclic) bond motifs is 1. The van der Waals surface area contributed by atoms with Gasteiger partial charge in [0.25, 0.3) is 0 Å². The predicted octanol–water partition coefficient (Wildman–Crippen LogP) is 7.41. The first-order valence-corrected chi connectivity index (χ1v) is 12.9. The highest BCUT2D eigenvalue weighted by Crippen LogP contribution is 2.41. The number of para-hydroxylation sites is 1. The highest BCUT2D eigenvalue weighted by Gasteiger charge is 2.22. The third-order valence-corrected chi connectivity index (χ3v) is 6.52. The molecule has 0 aliphatic rings. The van der Waals surface area contributed by atoms with Crippen molar-refractivity contribution in [3.8, 4) is 11.3 Å². The number of halogens is 1. The maximum atomic E-state index is 12.4. The molecule has 4 aromatic rings. The molecule has 2 N–H and O–H groups in total. The minimum atomic E-state index is -0.991. The number of carboxylic acids is 1. The van der Waals surface area contributed by atoms with E-state index in [1.165, 1.54) is 0 Å². The first-order chi connectivity index (χ1) is 17.5. The highest BCUT2D eigenvalue weighted by molar-refractivity contribution is 9.10. The molecule has 0 unspecified atom stereocenters. The third-order valence-electron chi connectivity index (χ3n) is 5.74. The number of benzene rings is 2. The van der Waals surface area contributed by atoms with Crippen molar-refractivity contribution >= 4 is 44.6 Å². The number of rotatable bonds is 7. The van der Waals surface area contributed by atoms with Gasteiger partial charge in [-0.15, -0.1) is 0 Å². The van der Waals surface area contributed by atoms with E-state index in [1.54, 1.807) is 17.6 Å². The summed E-state index contributed by atoms with van der Waals surface area (Å²) in [6.45, 7) is 9.56. The smallest absolute Gasteiger partial charge is 0.412 e. The van der Waals surface area contributed by atoms with Crippen molar-refractivity contribution in [1.82, 2.24) is 9.55 Å². The number of anilines is 1. The molecular formula is C28H30BrN3O5. The second-order valence-electron chi connectivity index (χ2n) is 9.85. The molecule has 1 amide bonds. The van der Waals surface area contributed by atoms with Crippen LogP contribution in [0.25, 0.3) is 22.3 Å². The van der Waals surface area contributed by atoms with Crippen LogP contribution in [0.15, 0.2) is 51.4 Å². The van der Waals surface area contributed by atoms with Crippen molar-refractivity contribution in [2.75, 3.05) is 5.32 Å². The topological polar surface area (TPSA) is 107 Å². The quantitative estimate of drug-likeness (QED) is 0.240. The average molecular weight is 568 g/mol. The number of nitrogens with zero attached hydrogens (tertiary/aromatic N) is 2. The summed E-state index contributed by atoms with van der Waals surface area (Å²) in [6, 6.07) is 13.1. The lowest BCUT2D eigenvalue weighted by atomic mass is 10.1. The van der Waals surface area contributed by atoms with Crippen LogP contribution in [0.1, 0.15) is 61.7 Å². The fourth-order valence-electron chi connectivity index (χ4n) is 4.26. The molecule has 8 nitrogen and oxygen atoms in total. The van der Waals surface area contributed by atoms with Crippen LogP contribution in [-0.2, 0) is 17.7 Å². The zero-order valence-electron chi connectivity index (χ0n) is 21.5. The number of nitrogens with one attached hydrogen (secondary N) is 1. The Balaban J connectivity index is 1.71. The zero-order valence-corrected chi connectivity index (χ0v) is 23.1. The van der Waals surface area contributed by atoms with Crippen molar-refractivity contribution in [2.45, 2.75) is 59.6 Å². The minimum absolute atomic E-state index is 0.206. The van der Waals surface area contributed by atoms with Crippen molar-refractivity contribution < 1.29 is 23.8 Å². The number of amides is 1. The number of carbonyl (C=O) groups is 2. The van der Waals surface area contributed by atoms with E-state index >= 15 is 0 Å². The predicted molar refractivity (Wildman–Crippen MR) is 146 cm³/mol. The molecule has 4 rings (SSSR count). The van der Waals surface area contributed by atoms with E-state index in [-0.39, 0.29) is 5.69 Å². The number of aromatic carboxylic acids is 1. The molecule has 0 saturated carbocycles. The molecule has 0 aliphatic heterocycles. The number of imidazole rings is 1. The molecule has 0 fully saturated rings. The number of ether oxygens (including phenoxy) is 1. The second-order valence-corrected chi connectivity index (χ2v) is 10.6. The lowest BCUT2D eigenvalue weighted by Gasteiger charge is -2.20. The Morgan fingerprint density at radius 1 is 1.19 bits per heavy atom. The van der Waals surface area contributed by atoms with Crippen LogP contribution >= 0.6 is 15.9 Å². The number of hydrogen-bond acceptors (Lipinski definition) is 5. The van der Waals surface area contributed by atoms with Crippen LogP contribution in [0, 0.1) is 6.92 Å². The Kier molecular flexibility index (Phi) is 7.45. The second kappa shape index (κ2) is 10.4. The number of carbonyl (C=O) groups excluding carboxylic acids is 1. The number of hydrogen-bond donors (Lipinski definition) is 2. The Bertz CT molecular complexity index is 1480. The molecular weight excluding hydrogens is 538 g/mol. The molecule has 0 bridgehead atoms. The van der Waals surface area contributed by atoms with Crippen LogP contribution in [0.4, 0.5) is 10.5 Å². The van der Waals surface area contributed by atoms with Gasteiger partial charge in [-0.25, -0.2) is 14.6 Å². The zero-order chi connectivity index (χ0) is 26.9. The molecule has 0 aliphatic carbocycles. The van der Waals surface area contributed by atoms with Crippen LogP contribution < -0.4 is 5.32 Å². The summed E-state index contributed by atoms with van der Waals surface area (Å²) in [7, 11) is 0. The van der Waals surface area contributed by atoms with Gasteiger partial charge in [-0.05, 0) is 79.9 Å². The number of carboxylic acid groups (broad SMARTS) is 1. The minimum Gasteiger partial charge on any atom is -0.477 e. The highest BCUT2D eigenvalue weighted by atomic mass is 79.9. The Labute approximate surface area is 223 Å². The fraction of sp³-hybridized carbons (Fsp3) is 0.321. The summed E-state index contributed by atoms with van der Waals surface area (Å²) in [4.78, 5) is 28.9. The maximum absolute atomic E-state index is 12.4. The van der Waals surface area contributed by atoms with Gasteiger partial charge in [0, 0.05) is 23.9 Å². The Hall–Kier alpha value is -3.59. The molecule has 0 radical (unpaired) electrons. The summed E-state index contributed by atoms with van der Waals surface area (Å²) in [6.07, 6.45) is 1.00. The van der Waals surface area contributed by atoms with Gasteiger partial charge >= 0.3 is 12.1 Å². The first-order valence-electron chi connectivity index (χ1n) is 12.1. The lowest BCUT2D eigenvalue weighted by Crippen LogP contribution is -2.27. The SMILES string of the molecule is CCCc1nc(C)c(C(=O)O)n1Cc1ccc2oc(-c3ccccc3NC(=O)OC(C)(C)C)c(Br)c2c1. The molecule has 0 spiro atoms. The van der Waals surface area contributed by atoms with Gasteiger partial charge in [-0.3, -0.25) is 5.32 Å². The van der Waals surface area contributed by atoms with Gasteiger partial charge in [-0.1, -0.05) is 25.1 Å². The van der Waals surface area contributed by atoms with Crippen LogP contribution in [0.2, 0.25) is 0 Å². The molecule has 0 saturated heterocycles. The summed E-state index contributed by atoms with van der Waals surface area (Å²) in [5.41, 5.74) is 2.92. The standard InChI is InChI=1S/C28H30BrN3O5/c1-6-9-22-30-16(2)24(26(33)34)32(22)15-17-12-13-21-19(14-17)23(29)25(36-21)18-10-7-8-11-20(18)31-27(35)37-28(3,4)5/h7-8,10-14H,6,9,15H2,1-5H3,(H,31,35)(H,33,34). The Morgan fingerprint density at radius 2 is 1.92 bits per heavy atom. The number of furan rings is 1. The summed E-state index contributed by atoms with van der Waals surface area (Å²) in [5, 5.41) is 13.4. The fourth-order valence-corrected chi connectivity index (χ4v) is 4.86. The van der Waals surface area contributed by atoms with E-state index in [9.17, 15) is 14.7 Å². The average Bonchev–Trinajstić information content (AvgIpc) is 3.29. The van der Waals surface area contributed by atoms with E-state index < -0.39 is 17.7 Å². The number of aromatic nitrogens is 2. The number of aryl methyl sites for hydroxylation is 2. The van der Waals surface area contributed by atoms with Crippen LogP contribution in [-0.4, -0.2) is 32.3 Å². The molecule has 2 aromatic carbocycles. The third kappa shape index (κ3) is 5.72. The van der Waals surface area contributed by atoms with Gasteiger partial charge in [0.05, 0.1) is 15.9 Å². The summed E-state index contributed by atoms with van der Waals surface area (Å²) < 4.78 is 14.1. The Morgan fingerprint density at radius 3 is 2.59 bits per heavy atom. The van der Waals surface area contributed by atoms with Gasteiger partial charge in [0.1, 0.15) is 17.0 Å². The van der Waals surface area contributed by atoms with Crippen LogP contribution in [0.3, 0.4) is 0 Å². The van der Waals surface area contributed by atoms with Crippen molar-refractivity contribution in [1.29, 1.82) is 0 Å². The molecule has 2 aromatic heterocycles. The normalized spacial score (nSPS) is 11.6. The van der Waals surface area contributed by atoms with Gasteiger partial charge in [-0.2, -0.15) is 0 Å².